The molecule has 3 N–H and O–H groups in total. The van der Waals surface area contributed by atoms with Crippen LogP contribution in [0.3, 0.4) is 0 Å². The van der Waals surface area contributed by atoms with Gasteiger partial charge in [-0.05, 0) is 6.92 Å². The lowest BCUT2D eigenvalue weighted by Crippen LogP contribution is -2.43. The minimum Gasteiger partial charge on any atom is -0.386 e. The normalized spacial score (nSPS) is 14.9. The fourth-order valence-corrected chi connectivity index (χ4v) is 0.575. The van der Waals surface area contributed by atoms with Gasteiger partial charge in [0.2, 0.25) is 0 Å². The highest BCUT2D eigenvalue weighted by Crippen LogP contribution is 2.10. The Morgan fingerprint density at radius 3 is 2.55 bits per heavy atom. The van der Waals surface area contributed by atoms with Crippen molar-refractivity contribution >= 4 is 0 Å². The van der Waals surface area contributed by atoms with E-state index in [0.717, 1.165) is 4.68 Å². The molecule has 6 heteroatoms. The molecule has 0 aromatic carbocycles. The van der Waals surface area contributed by atoms with Crippen molar-refractivity contribution in [1.82, 2.24) is 15.0 Å². The van der Waals surface area contributed by atoms with Crippen LogP contribution in [0, 0.1) is 0 Å². The number of aliphatic hydroxyl groups is 3. The number of aliphatic hydroxyl groups excluding tert-OH is 1. The maximum absolute atomic E-state index is 9.12. The highest BCUT2D eigenvalue weighted by molar-refractivity contribution is 4.73. The number of nitrogens with zero attached hydrogens (tertiary/aromatic N) is 3. The van der Waals surface area contributed by atoms with Crippen molar-refractivity contribution in [1.29, 1.82) is 0 Å². The molecular formula is C5H9N3O3. The Morgan fingerprint density at radius 2 is 2.18 bits per heavy atom. The summed E-state index contributed by atoms with van der Waals surface area (Å²) in [6, 6.07) is 0. The third kappa shape index (κ3) is 1.37. The SMILES string of the molecule is CC(O)C(O)(O)n1ccnn1. The lowest BCUT2D eigenvalue weighted by atomic mass is 10.3. The van der Waals surface area contributed by atoms with E-state index in [4.69, 9.17) is 15.3 Å². The predicted octanol–water partition coefficient (Wildman–Crippen LogP) is -1.75. The molecule has 0 saturated carbocycles. The standard InChI is InChI=1S/C5H9N3O3/c1-4(9)5(10,11)8-3-2-6-7-8/h2-4,9-11H,1H3. The Hall–Kier alpha value is -0.980. The molecule has 1 atom stereocenters. The first kappa shape index (κ1) is 8.12. The first-order chi connectivity index (χ1) is 5.05. The predicted molar refractivity (Wildman–Crippen MR) is 34.1 cm³/mol. The second-order valence-corrected chi connectivity index (χ2v) is 2.21. The van der Waals surface area contributed by atoms with Crippen molar-refractivity contribution in [3.05, 3.63) is 12.4 Å². The molecule has 0 spiro atoms. The number of hydrogen-bond acceptors (Lipinski definition) is 5. The fraction of sp³-hybridized carbons (Fsp3) is 0.600. The zero-order chi connectivity index (χ0) is 8.48. The van der Waals surface area contributed by atoms with Crippen molar-refractivity contribution < 1.29 is 15.3 Å². The molecule has 0 saturated heterocycles. The highest BCUT2D eigenvalue weighted by atomic mass is 16.5. The molecule has 1 heterocycles. The minimum absolute atomic E-state index is 0.762. The molecule has 6 nitrogen and oxygen atoms in total. The van der Waals surface area contributed by atoms with Gasteiger partial charge < -0.3 is 15.3 Å². The fourth-order valence-electron chi connectivity index (χ4n) is 0.575. The summed E-state index contributed by atoms with van der Waals surface area (Å²) in [6.45, 7) is 1.24. The topological polar surface area (TPSA) is 91.4 Å². The van der Waals surface area contributed by atoms with E-state index in [-0.39, 0.29) is 0 Å². The van der Waals surface area contributed by atoms with E-state index in [1.54, 1.807) is 0 Å². The maximum Gasteiger partial charge on any atom is 0.294 e. The summed E-state index contributed by atoms with van der Waals surface area (Å²) in [6.07, 6.45) is 1.19. The van der Waals surface area contributed by atoms with Crippen molar-refractivity contribution in [2.45, 2.75) is 18.9 Å². The second-order valence-electron chi connectivity index (χ2n) is 2.21. The summed E-state index contributed by atoms with van der Waals surface area (Å²) in [4.78, 5) is 0. The van der Waals surface area contributed by atoms with Crippen molar-refractivity contribution in [3.8, 4) is 0 Å². The Balaban J connectivity index is 2.90. The van der Waals surface area contributed by atoms with Gasteiger partial charge in [0.05, 0.1) is 12.4 Å². The molecule has 0 aliphatic rings. The number of hydrogen-bond donors (Lipinski definition) is 3. The van der Waals surface area contributed by atoms with Crippen LogP contribution in [0.25, 0.3) is 0 Å². The zero-order valence-electron chi connectivity index (χ0n) is 5.92. The Bertz CT molecular complexity index is 219. The van der Waals surface area contributed by atoms with Gasteiger partial charge in [-0.1, -0.05) is 5.21 Å². The molecule has 0 aliphatic carbocycles. The second kappa shape index (κ2) is 2.57. The van der Waals surface area contributed by atoms with Crippen LogP contribution in [0.4, 0.5) is 0 Å². The Labute approximate surface area is 62.7 Å². The van der Waals surface area contributed by atoms with Gasteiger partial charge >= 0.3 is 0 Å². The third-order valence-electron chi connectivity index (χ3n) is 1.32. The average molecular weight is 159 g/mol. The van der Waals surface area contributed by atoms with Crippen LogP contribution in [0.15, 0.2) is 12.4 Å². The molecule has 1 aromatic rings. The lowest BCUT2D eigenvalue weighted by molar-refractivity contribution is -0.287. The number of rotatable bonds is 2. The van der Waals surface area contributed by atoms with Gasteiger partial charge in [-0.25, -0.2) is 0 Å². The van der Waals surface area contributed by atoms with Crippen molar-refractivity contribution in [2.24, 2.45) is 0 Å². The van der Waals surface area contributed by atoms with E-state index in [2.05, 4.69) is 10.3 Å². The first-order valence-corrected chi connectivity index (χ1v) is 3.04. The smallest absolute Gasteiger partial charge is 0.294 e. The van der Waals surface area contributed by atoms with E-state index in [1.165, 1.54) is 19.3 Å². The van der Waals surface area contributed by atoms with Gasteiger partial charge in [0, 0.05) is 0 Å². The summed E-state index contributed by atoms with van der Waals surface area (Å²) in [5.74, 6) is -2.38. The van der Waals surface area contributed by atoms with Crippen LogP contribution in [0.2, 0.25) is 0 Å². The quantitative estimate of drug-likeness (QED) is 0.445. The summed E-state index contributed by atoms with van der Waals surface area (Å²) in [5.41, 5.74) is 0. The van der Waals surface area contributed by atoms with E-state index in [9.17, 15) is 0 Å². The highest BCUT2D eigenvalue weighted by Gasteiger charge is 2.32. The molecule has 1 rings (SSSR count). The minimum atomic E-state index is -2.38. The summed E-state index contributed by atoms with van der Waals surface area (Å²) in [5, 5.41) is 33.8. The van der Waals surface area contributed by atoms with E-state index < -0.39 is 12.0 Å². The molecule has 0 amide bonds. The molecule has 62 valence electrons. The van der Waals surface area contributed by atoms with Gasteiger partial charge in [0.1, 0.15) is 6.10 Å². The molecular weight excluding hydrogens is 150 g/mol. The zero-order valence-corrected chi connectivity index (χ0v) is 5.92. The maximum atomic E-state index is 9.12. The number of aromatic nitrogens is 3. The molecule has 1 aromatic heterocycles. The van der Waals surface area contributed by atoms with E-state index >= 15 is 0 Å². The van der Waals surface area contributed by atoms with Crippen LogP contribution in [0.5, 0.6) is 0 Å². The van der Waals surface area contributed by atoms with Crippen LogP contribution < -0.4 is 0 Å². The van der Waals surface area contributed by atoms with Gasteiger partial charge in [0.15, 0.2) is 0 Å². The van der Waals surface area contributed by atoms with Crippen LogP contribution in [-0.2, 0) is 5.91 Å². The van der Waals surface area contributed by atoms with Gasteiger partial charge in [-0.2, -0.15) is 4.68 Å². The van der Waals surface area contributed by atoms with Gasteiger partial charge in [-0.15, -0.1) is 5.10 Å². The van der Waals surface area contributed by atoms with E-state index in [0.29, 0.717) is 0 Å². The molecule has 11 heavy (non-hydrogen) atoms. The Kier molecular flexibility index (Phi) is 1.90. The van der Waals surface area contributed by atoms with E-state index in [1.807, 2.05) is 0 Å². The van der Waals surface area contributed by atoms with Crippen LogP contribution in [-0.4, -0.2) is 36.4 Å². The molecule has 0 aliphatic heterocycles. The van der Waals surface area contributed by atoms with Crippen LogP contribution in [0.1, 0.15) is 6.92 Å². The Morgan fingerprint density at radius 1 is 1.55 bits per heavy atom. The molecule has 0 radical (unpaired) electrons. The monoisotopic (exact) mass is 159 g/mol. The molecule has 1 unspecified atom stereocenters. The lowest BCUT2D eigenvalue weighted by Gasteiger charge is -2.23. The summed E-state index contributed by atoms with van der Waals surface area (Å²) >= 11 is 0. The van der Waals surface area contributed by atoms with Crippen molar-refractivity contribution in [3.63, 3.8) is 0 Å². The third-order valence-corrected chi connectivity index (χ3v) is 1.32. The average Bonchev–Trinajstić information content (AvgIpc) is 2.37. The summed E-state index contributed by atoms with van der Waals surface area (Å²) < 4.78 is 0.762. The summed E-state index contributed by atoms with van der Waals surface area (Å²) in [7, 11) is 0. The largest absolute Gasteiger partial charge is 0.386 e. The molecule has 0 fully saturated rings. The van der Waals surface area contributed by atoms with Gasteiger partial charge in [-0.3, -0.25) is 0 Å². The van der Waals surface area contributed by atoms with Crippen LogP contribution >= 0.6 is 0 Å². The molecule has 0 bridgehead atoms. The van der Waals surface area contributed by atoms with Crippen molar-refractivity contribution in [2.75, 3.05) is 0 Å². The van der Waals surface area contributed by atoms with Gasteiger partial charge in [0.25, 0.3) is 5.91 Å². The first-order valence-electron chi connectivity index (χ1n) is 3.04.